The molecule has 0 saturated heterocycles. The lowest BCUT2D eigenvalue weighted by atomic mass is 10.2. The topological polar surface area (TPSA) is 58.6 Å². The van der Waals surface area contributed by atoms with Crippen LogP contribution >= 0.6 is 15.9 Å². The van der Waals surface area contributed by atoms with Gasteiger partial charge in [-0.1, -0.05) is 34.1 Å². The number of esters is 1. The third-order valence-corrected chi connectivity index (χ3v) is 3.82. The summed E-state index contributed by atoms with van der Waals surface area (Å²) in [5, 5.41) is 1.49. The lowest BCUT2D eigenvalue weighted by molar-refractivity contribution is -0.141. The van der Waals surface area contributed by atoms with Crippen LogP contribution < -0.4 is 10.4 Å². The number of rotatable bonds is 5. The highest BCUT2D eigenvalue weighted by molar-refractivity contribution is 9.10. The van der Waals surface area contributed by atoms with Crippen molar-refractivity contribution in [2.45, 2.75) is 13.0 Å². The van der Waals surface area contributed by atoms with Crippen LogP contribution in [-0.4, -0.2) is 25.0 Å². The fraction of sp³-hybridized carbons (Fsp3) is 0.176. The van der Waals surface area contributed by atoms with E-state index in [4.69, 9.17) is 4.74 Å². The Hall–Kier alpha value is -2.34. The number of benzene rings is 2. The van der Waals surface area contributed by atoms with Crippen molar-refractivity contribution in [2.75, 3.05) is 12.1 Å². The van der Waals surface area contributed by atoms with Crippen molar-refractivity contribution in [1.82, 2.24) is 5.43 Å². The Morgan fingerprint density at radius 1 is 1.09 bits per heavy atom. The molecule has 0 unspecified atom stereocenters. The van der Waals surface area contributed by atoms with Crippen molar-refractivity contribution >= 4 is 33.5 Å². The Bertz CT molecular complexity index is 674. The molecule has 1 atom stereocenters. The number of nitrogens with one attached hydrogen (secondary N) is 1. The van der Waals surface area contributed by atoms with Gasteiger partial charge in [-0.3, -0.25) is 15.2 Å². The first kappa shape index (κ1) is 17.0. The van der Waals surface area contributed by atoms with E-state index in [0.29, 0.717) is 11.3 Å². The molecule has 0 heterocycles. The quantitative estimate of drug-likeness (QED) is 0.643. The molecule has 0 aliphatic rings. The SMILES string of the molecule is COC(=O)[C@@H](C)N(NC(=O)c1ccccc1)c1ccc(Br)cc1. The van der Waals surface area contributed by atoms with E-state index in [0.717, 1.165) is 4.47 Å². The van der Waals surface area contributed by atoms with Crippen molar-refractivity contribution in [3.63, 3.8) is 0 Å². The summed E-state index contributed by atoms with van der Waals surface area (Å²) in [7, 11) is 1.32. The highest BCUT2D eigenvalue weighted by atomic mass is 79.9. The Balaban J connectivity index is 2.28. The number of hydrogen-bond donors (Lipinski definition) is 1. The second kappa shape index (κ2) is 7.78. The first-order valence-corrected chi connectivity index (χ1v) is 7.81. The first-order chi connectivity index (χ1) is 11.0. The van der Waals surface area contributed by atoms with Crippen molar-refractivity contribution in [2.24, 2.45) is 0 Å². The van der Waals surface area contributed by atoms with Crippen LogP contribution in [0.4, 0.5) is 5.69 Å². The molecule has 0 aliphatic heterocycles. The minimum atomic E-state index is -0.672. The van der Waals surface area contributed by atoms with Gasteiger partial charge >= 0.3 is 5.97 Å². The summed E-state index contributed by atoms with van der Waals surface area (Å²) >= 11 is 3.36. The fourth-order valence-corrected chi connectivity index (χ4v) is 2.29. The van der Waals surface area contributed by atoms with Gasteiger partial charge in [-0.05, 0) is 43.3 Å². The van der Waals surface area contributed by atoms with Crippen LogP contribution in [0.25, 0.3) is 0 Å². The summed E-state index contributed by atoms with van der Waals surface area (Å²) in [4.78, 5) is 24.3. The number of ether oxygens (including phenoxy) is 1. The van der Waals surface area contributed by atoms with Gasteiger partial charge < -0.3 is 4.74 Å². The number of carbonyl (C=O) groups excluding carboxylic acids is 2. The Labute approximate surface area is 143 Å². The average molecular weight is 377 g/mol. The fourth-order valence-electron chi connectivity index (χ4n) is 2.03. The molecule has 2 aromatic rings. The van der Waals surface area contributed by atoms with E-state index in [1.54, 1.807) is 43.3 Å². The van der Waals surface area contributed by atoms with Crippen LogP contribution in [0.1, 0.15) is 17.3 Å². The number of hydrazine groups is 1. The summed E-state index contributed by atoms with van der Waals surface area (Å²) in [6.07, 6.45) is 0. The van der Waals surface area contributed by atoms with Gasteiger partial charge in [0.2, 0.25) is 0 Å². The molecular formula is C17H17BrN2O3. The summed E-state index contributed by atoms with van der Waals surface area (Å²) in [6, 6.07) is 15.4. The maximum absolute atomic E-state index is 12.4. The lowest BCUT2D eigenvalue weighted by Gasteiger charge is -2.29. The van der Waals surface area contributed by atoms with Crippen molar-refractivity contribution < 1.29 is 14.3 Å². The molecule has 120 valence electrons. The molecule has 0 saturated carbocycles. The zero-order chi connectivity index (χ0) is 16.8. The van der Waals surface area contributed by atoms with Crippen molar-refractivity contribution in [3.8, 4) is 0 Å². The van der Waals surface area contributed by atoms with Gasteiger partial charge in [0.05, 0.1) is 12.8 Å². The third-order valence-electron chi connectivity index (χ3n) is 3.29. The van der Waals surface area contributed by atoms with Crippen LogP contribution in [0.5, 0.6) is 0 Å². The van der Waals surface area contributed by atoms with E-state index < -0.39 is 12.0 Å². The number of amides is 1. The molecule has 0 aliphatic carbocycles. The molecule has 2 aromatic carbocycles. The predicted molar refractivity (Wildman–Crippen MR) is 92.0 cm³/mol. The lowest BCUT2D eigenvalue weighted by Crippen LogP contribution is -2.51. The molecule has 0 bridgehead atoms. The van der Waals surface area contributed by atoms with Gasteiger partial charge in [-0.15, -0.1) is 0 Å². The molecule has 0 fully saturated rings. The minimum absolute atomic E-state index is 0.302. The highest BCUT2D eigenvalue weighted by Gasteiger charge is 2.24. The normalized spacial score (nSPS) is 11.4. The Kier molecular flexibility index (Phi) is 5.76. The summed E-state index contributed by atoms with van der Waals surface area (Å²) < 4.78 is 5.69. The number of carbonyl (C=O) groups is 2. The Morgan fingerprint density at radius 3 is 2.26 bits per heavy atom. The predicted octanol–water partition coefficient (Wildman–Crippen LogP) is 3.16. The number of halogens is 1. The number of hydrogen-bond acceptors (Lipinski definition) is 4. The van der Waals surface area contributed by atoms with Crippen molar-refractivity contribution in [1.29, 1.82) is 0 Å². The number of nitrogens with zero attached hydrogens (tertiary/aromatic N) is 1. The van der Waals surface area contributed by atoms with E-state index in [-0.39, 0.29) is 5.91 Å². The highest BCUT2D eigenvalue weighted by Crippen LogP contribution is 2.19. The second-order valence-corrected chi connectivity index (χ2v) is 5.77. The van der Waals surface area contributed by atoms with E-state index in [9.17, 15) is 9.59 Å². The molecule has 0 aromatic heterocycles. The van der Waals surface area contributed by atoms with Gasteiger partial charge in [0, 0.05) is 10.0 Å². The number of anilines is 1. The van der Waals surface area contributed by atoms with Crippen LogP contribution in [0.2, 0.25) is 0 Å². The summed E-state index contributed by atoms with van der Waals surface area (Å²) in [6.45, 7) is 1.67. The smallest absolute Gasteiger partial charge is 0.330 e. The maximum atomic E-state index is 12.4. The Morgan fingerprint density at radius 2 is 1.70 bits per heavy atom. The van der Waals surface area contributed by atoms with Gasteiger partial charge in [-0.25, -0.2) is 4.79 Å². The molecule has 23 heavy (non-hydrogen) atoms. The molecule has 2 rings (SSSR count). The molecule has 5 nitrogen and oxygen atoms in total. The molecule has 0 spiro atoms. The monoisotopic (exact) mass is 376 g/mol. The largest absolute Gasteiger partial charge is 0.467 e. The molecule has 1 N–H and O–H groups in total. The van der Waals surface area contributed by atoms with Crippen LogP contribution in [0, 0.1) is 0 Å². The van der Waals surface area contributed by atoms with Gasteiger partial charge in [-0.2, -0.15) is 0 Å². The van der Waals surface area contributed by atoms with E-state index in [1.165, 1.54) is 12.1 Å². The zero-order valence-corrected chi connectivity index (χ0v) is 14.4. The van der Waals surface area contributed by atoms with Crippen LogP contribution in [-0.2, 0) is 9.53 Å². The van der Waals surface area contributed by atoms with Gasteiger partial charge in [0.25, 0.3) is 5.91 Å². The van der Waals surface area contributed by atoms with Crippen LogP contribution in [0.3, 0.4) is 0 Å². The van der Waals surface area contributed by atoms with E-state index in [2.05, 4.69) is 21.4 Å². The standard InChI is InChI=1S/C17H17BrN2O3/c1-12(17(22)23-2)20(15-10-8-14(18)9-11-15)19-16(21)13-6-4-3-5-7-13/h3-12H,1-2H3,(H,19,21)/t12-/m1/s1. The summed E-state index contributed by atoms with van der Waals surface area (Å²) in [5.41, 5.74) is 3.94. The zero-order valence-electron chi connectivity index (χ0n) is 12.8. The molecule has 6 heteroatoms. The molecule has 0 radical (unpaired) electrons. The van der Waals surface area contributed by atoms with Gasteiger partial charge in [0.1, 0.15) is 6.04 Å². The minimum Gasteiger partial charge on any atom is -0.467 e. The average Bonchev–Trinajstić information content (AvgIpc) is 2.59. The number of methoxy groups -OCH3 is 1. The maximum Gasteiger partial charge on any atom is 0.330 e. The summed E-state index contributed by atoms with van der Waals surface area (Å²) in [5.74, 6) is -0.745. The second-order valence-electron chi connectivity index (χ2n) is 4.85. The molecular weight excluding hydrogens is 360 g/mol. The first-order valence-electron chi connectivity index (χ1n) is 7.01. The molecule has 1 amide bonds. The third kappa shape index (κ3) is 4.32. The van der Waals surface area contributed by atoms with E-state index >= 15 is 0 Å². The van der Waals surface area contributed by atoms with Gasteiger partial charge in [0.15, 0.2) is 0 Å². The van der Waals surface area contributed by atoms with E-state index in [1.807, 2.05) is 18.2 Å². The van der Waals surface area contributed by atoms with Crippen LogP contribution in [0.15, 0.2) is 59.1 Å². The van der Waals surface area contributed by atoms with Crippen molar-refractivity contribution in [3.05, 3.63) is 64.6 Å².